The fraction of sp³-hybridized carbons (Fsp3) is 0.0213. The highest BCUT2D eigenvalue weighted by Crippen LogP contribution is 2.36. The molecule has 10 rings (SSSR count). The van der Waals surface area contributed by atoms with Crippen molar-refractivity contribution < 1.29 is 4.42 Å². The lowest BCUT2D eigenvalue weighted by Gasteiger charge is -2.08. The highest BCUT2D eigenvalue weighted by Gasteiger charge is 2.19. The van der Waals surface area contributed by atoms with Crippen LogP contribution >= 0.6 is 0 Å². The van der Waals surface area contributed by atoms with Crippen LogP contribution in [0.1, 0.15) is 23.1 Å². The average molecular weight is 639 g/mol. The molecule has 0 amide bonds. The molecule has 0 atom stereocenters. The second kappa shape index (κ2) is 11.5. The van der Waals surface area contributed by atoms with Gasteiger partial charge in [0.05, 0.1) is 11.4 Å². The van der Waals surface area contributed by atoms with Crippen molar-refractivity contribution in [2.24, 2.45) is 9.98 Å². The van der Waals surface area contributed by atoms with Gasteiger partial charge in [0.15, 0.2) is 5.84 Å². The molecule has 0 bridgehead atoms. The Balaban J connectivity index is 1.14. The van der Waals surface area contributed by atoms with Gasteiger partial charge in [-0.05, 0) is 85.4 Å². The minimum absolute atomic E-state index is 0.657. The molecule has 0 spiro atoms. The lowest BCUT2D eigenvalue weighted by atomic mass is 9.99. The number of nitrogens with zero attached hydrogens (tertiary/aromatic N) is 2. The van der Waals surface area contributed by atoms with E-state index in [9.17, 15) is 0 Å². The minimum Gasteiger partial charge on any atom is -0.456 e. The summed E-state index contributed by atoms with van der Waals surface area (Å²) in [5, 5.41) is 9.32. The van der Waals surface area contributed by atoms with Crippen LogP contribution in [-0.4, -0.2) is 11.5 Å². The first-order chi connectivity index (χ1) is 24.7. The number of aliphatic imine (C=N–C) groups is 2. The van der Waals surface area contributed by atoms with E-state index in [1.54, 1.807) is 0 Å². The van der Waals surface area contributed by atoms with Crippen LogP contribution < -0.4 is 0 Å². The number of amidine groups is 1. The smallest absolute Gasteiger partial charge is 0.160 e. The zero-order valence-corrected chi connectivity index (χ0v) is 27.2. The van der Waals surface area contributed by atoms with E-state index >= 15 is 0 Å². The molecule has 0 radical (unpaired) electrons. The molecule has 8 aromatic carbocycles. The first-order valence-electron chi connectivity index (χ1n) is 17.0. The van der Waals surface area contributed by atoms with Crippen molar-refractivity contribution >= 4 is 71.5 Å². The van der Waals surface area contributed by atoms with Crippen molar-refractivity contribution in [2.75, 3.05) is 0 Å². The zero-order chi connectivity index (χ0) is 33.0. The maximum Gasteiger partial charge on any atom is 0.160 e. The summed E-state index contributed by atoms with van der Waals surface area (Å²) in [4.78, 5) is 10.7. The third-order valence-electron chi connectivity index (χ3n) is 9.90. The first kappa shape index (κ1) is 28.4. The number of allylic oxidation sites excluding steroid dienone is 1. The van der Waals surface area contributed by atoms with Crippen LogP contribution in [-0.2, 0) is 0 Å². The molecule has 0 N–H and O–H groups in total. The molecule has 0 aliphatic carbocycles. The van der Waals surface area contributed by atoms with Gasteiger partial charge in [-0.3, -0.25) is 0 Å². The van der Waals surface area contributed by atoms with E-state index in [4.69, 9.17) is 14.4 Å². The normalized spacial score (nSPS) is 13.5. The van der Waals surface area contributed by atoms with Crippen molar-refractivity contribution in [1.29, 1.82) is 0 Å². The zero-order valence-electron chi connectivity index (χ0n) is 27.2. The van der Waals surface area contributed by atoms with Gasteiger partial charge in [0.2, 0.25) is 0 Å². The summed E-state index contributed by atoms with van der Waals surface area (Å²) < 4.78 is 6.57. The summed E-state index contributed by atoms with van der Waals surface area (Å²) in [6, 6.07) is 57.9. The molecule has 9 aromatic rings. The average Bonchev–Trinajstić information content (AvgIpc) is 3.41. The van der Waals surface area contributed by atoms with Crippen molar-refractivity contribution in [3.05, 3.63) is 187 Å². The molecule has 50 heavy (non-hydrogen) atoms. The van der Waals surface area contributed by atoms with E-state index in [0.717, 1.165) is 61.2 Å². The highest BCUT2D eigenvalue weighted by molar-refractivity contribution is 6.23. The third-order valence-corrected chi connectivity index (χ3v) is 9.90. The number of rotatable bonds is 4. The molecule has 2 heterocycles. The summed E-state index contributed by atoms with van der Waals surface area (Å²) >= 11 is 0. The van der Waals surface area contributed by atoms with Crippen LogP contribution in [0.5, 0.6) is 0 Å². The summed E-state index contributed by atoms with van der Waals surface area (Å²) in [5.41, 5.74) is 8.95. The standard InChI is InChI=1S/C47H30N2O/c1-4-11-33-26-36(19-16-30(33)8-1)37-22-23-40-45(29-37)50-44-15-7-14-41(46(40)44)47-48-42(38-20-17-31-9-2-5-12-34(31)27-38)24-25-43(49-47)39-21-18-32-10-3-6-13-35(32)28-39/h1-24,26-29H,25H2. The van der Waals surface area contributed by atoms with Gasteiger partial charge in [-0.1, -0.05) is 133 Å². The van der Waals surface area contributed by atoms with Crippen molar-refractivity contribution in [3.63, 3.8) is 0 Å². The summed E-state index contributed by atoms with van der Waals surface area (Å²) in [7, 11) is 0. The van der Waals surface area contributed by atoms with Crippen LogP contribution in [0.3, 0.4) is 0 Å². The van der Waals surface area contributed by atoms with Gasteiger partial charge in [-0.15, -0.1) is 0 Å². The van der Waals surface area contributed by atoms with Crippen LogP contribution in [0.4, 0.5) is 0 Å². The monoisotopic (exact) mass is 638 g/mol. The maximum atomic E-state index is 6.57. The topological polar surface area (TPSA) is 37.9 Å². The Morgan fingerprint density at radius 3 is 1.68 bits per heavy atom. The molecule has 0 saturated carbocycles. The number of furan rings is 1. The largest absolute Gasteiger partial charge is 0.456 e. The van der Waals surface area contributed by atoms with Gasteiger partial charge in [0.1, 0.15) is 11.2 Å². The molecule has 1 aromatic heterocycles. The molecule has 0 fully saturated rings. The first-order valence-corrected chi connectivity index (χ1v) is 17.0. The van der Waals surface area contributed by atoms with Crippen molar-refractivity contribution in [3.8, 4) is 11.1 Å². The third kappa shape index (κ3) is 4.91. The molecule has 234 valence electrons. The van der Waals surface area contributed by atoms with Gasteiger partial charge >= 0.3 is 0 Å². The van der Waals surface area contributed by atoms with Crippen molar-refractivity contribution in [1.82, 2.24) is 0 Å². The van der Waals surface area contributed by atoms with E-state index < -0.39 is 0 Å². The Labute approximate surface area is 289 Å². The van der Waals surface area contributed by atoms with Gasteiger partial charge in [0, 0.05) is 28.3 Å². The molecular formula is C47H30N2O. The fourth-order valence-corrected chi connectivity index (χ4v) is 7.31. The van der Waals surface area contributed by atoms with Gasteiger partial charge in [0.25, 0.3) is 0 Å². The number of fused-ring (bicyclic) bond motifs is 6. The molecule has 3 nitrogen and oxygen atoms in total. The number of hydrogen-bond donors (Lipinski definition) is 0. The second-order valence-electron chi connectivity index (χ2n) is 13.0. The van der Waals surface area contributed by atoms with E-state index in [1.807, 2.05) is 12.1 Å². The Morgan fingerprint density at radius 1 is 0.420 bits per heavy atom. The quantitative estimate of drug-likeness (QED) is 0.189. The van der Waals surface area contributed by atoms with Gasteiger partial charge < -0.3 is 4.42 Å². The maximum absolute atomic E-state index is 6.57. The summed E-state index contributed by atoms with van der Waals surface area (Å²) in [6.07, 6.45) is 2.87. The molecular weight excluding hydrogens is 609 g/mol. The number of hydrogen-bond acceptors (Lipinski definition) is 3. The Kier molecular flexibility index (Phi) is 6.56. The van der Waals surface area contributed by atoms with Crippen LogP contribution in [0, 0.1) is 0 Å². The van der Waals surface area contributed by atoms with Crippen LogP contribution in [0.2, 0.25) is 0 Å². The molecule has 0 unspecified atom stereocenters. The SMILES string of the molecule is C1=C(c2ccc3ccccc3c2)N=C(c2cccc3oc4cc(-c5ccc6ccccc6c5)ccc4c23)N=C(c2ccc3ccccc3c2)C1. The predicted molar refractivity (Wildman–Crippen MR) is 210 cm³/mol. The Morgan fingerprint density at radius 2 is 0.980 bits per heavy atom. The van der Waals surface area contributed by atoms with Crippen LogP contribution in [0.15, 0.2) is 184 Å². The van der Waals surface area contributed by atoms with E-state index in [1.165, 1.54) is 32.3 Å². The molecule has 0 saturated heterocycles. The lowest BCUT2D eigenvalue weighted by Crippen LogP contribution is -2.05. The highest BCUT2D eigenvalue weighted by atomic mass is 16.3. The van der Waals surface area contributed by atoms with Crippen molar-refractivity contribution in [2.45, 2.75) is 6.42 Å². The van der Waals surface area contributed by atoms with E-state index in [2.05, 4.69) is 158 Å². The summed E-state index contributed by atoms with van der Waals surface area (Å²) in [5.74, 6) is 0.678. The molecule has 1 aliphatic rings. The Hall–Kier alpha value is -6.58. The fourth-order valence-electron chi connectivity index (χ4n) is 7.31. The summed E-state index contributed by atoms with van der Waals surface area (Å²) in [6.45, 7) is 0. The van der Waals surface area contributed by atoms with E-state index in [-0.39, 0.29) is 0 Å². The van der Waals surface area contributed by atoms with E-state index in [0.29, 0.717) is 12.3 Å². The van der Waals surface area contributed by atoms with Crippen LogP contribution in [0.25, 0.3) is 71.1 Å². The lowest BCUT2D eigenvalue weighted by molar-refractivity contribution is 0.669. The van der Waals surface area contributed by atoms with Gasteiger partial charge in [-0.2, -0.15) is 0 Å². The Bertz CT molecular complexity index is 2900. The predicted octanol–water partition coefficient (Wildman–Crippen LogP) is 12.4. The number of benzene rings is 8. The minimum atomic E-state index is 0.657. The molecule has 1 aliphatic heterocycles. The van der Waals surface area contributed by atoms with Gasteiger partial charge in [-0.25, -0.2) is 9.98 Å². The second-order valence-corrected chi connectivity index (χ2v) is 13.0. The molecule has 3 heteroatoms.